The van der Waals surface area contributed by atoms with E-state index in [2.05, 4.69) is 10.1 Å². The first-order valence-electron chi connectivity index (χ1n) is 6.14. The molecule has 0 aliphatic heterocycles. The van der Waals surface area contributed by atoms with Crippen LogP contribution in [0.2, 0.25) is 0 Å². The van der Waals surface area contributed by atoms with Crippen molar-refractivity contribution in [1.29, 1.82) is 0 Å². The van der Waals surface area contributed by atoms with Crippen molar-refractivity contribution in [2.24, 2.45) is 0 Å². The van der Waals surface area contributed by atoms with Gasteiger partial charge in [-0.15, -0.1) is 0 Å². The monoisotopic (exact) mass is 269 g/mol. The minimum atomic E-state index is -0.272. The lowest BCUT2D eigenvalue weighted by atomic mass is 10.1. The number of nitrogen functional groups attached to an aromatic ring is 1. The largest absolute Gasteiger partial charge is 0.399 e. The highest BCUT2D eigenvalue weighted by Crippen LogP contribution is 2.19. The van der Waals surface area contributed by atoms with Gasteiger partial charge in [0.05, 0.1) is 0 Å². The van der Waals surface area contributed by atoms with Crippen molar-refractivity contribution in [3.63, 3.8) is 0 Å². The average Bonchev–Trinajstić information content (AvgIpc) is 2.91. The summed E-state index contributed by atoms with van der Waals surface area (Å²) in [6.07, 6.45) is 0.297. The molecule has 0 saturated heterocycles. The van der Waals surface area contributed by atoms with Crippen molar-refractivity contribution >= 4 is 5.69 Å². The Morgan fingerprint density at radius 2 is 1.80 bits per heavy atom. The van der Waals surface area contributed by atoms with Gasteiger partial charge in [0, 0.05) is 17.7 Å². The molecule has 4 nitrogen and oxygen atoms in total. The van der Waals surface area contributed by atoms with Crippen molar-refractivity contribution in [2.45, 2.75) is 6.42 Å². The zero-order valence-electron chi connectivity index (χ0n) is 10.6. The van der Waals surface area contributed by atoms with Crippen LogP contribution in [0.5, 0.6) is 0 Å². The van der Waals surface area contributed by atoms with Crippen LogP contribution in [-0.2, 0) is 6.42 Å². The molecule has 0 bridgehead atoms. The summed E-state index contributed by atoms with van der Waals surface area (Å²) in [6, 6.07) is 13.7. The number of anilines is 1. The fraction of sp³-hybridized carbons (Fsp3) is 0.0667. The van der Waals surface area contributed by atoms with Crippen LogP contribution in [0.25, 0.3) is 11.5 Å². The predicted octanol–water partition coefficient (Wildman–Crippen LogP) is 3.05. The van der Waals surface area contributed by atoms with Crippen LogP contribution in [0.4, 0.5) is 10.1 Å². The molecule has 2 N–H and O–H groups in total. The van der Waals surface area contributed by atoms with Gasteiger partial charge in [0.1, 0.15) is 5.82 Å². The maximum absolute atomic E-state index is 13.5. The molecule has 1 heterocycles. The molecule has 0 spiro atoms. The molecule has 0 aliphatic rings. The Hall–Kier alpha value is -2.69. The Bertz CT molecular complexity index is 722. The summed E-state index contributed by atoms with van der Waals surface area (Å²) in [7, 11) is 0. The number of benzene rings is 2. The lowest BCUT2D eigenvalue weighted by Crippen LogP contribution is -1.94. The molecular weight excluding hydrogens is 257 g/mol. The number of nitrogens with zero attached hydrogens (tertiary/aromatic N) is 2. The van der Waals surface area contributed by atoms with E-state index < -0.39 is 0 Å². The molecule has 0 unspecified atom stereocenters. The summed E-state index contributed by atoms with van der Waals surface area (Å²) in [5.41, 5.74) is 7.61. The highest BCUT2D eigenvalue weighted by Gasteiger charge is 2.11. The molecule has 20 heavy (non-hydrogen) atoms. The number of hydrogen-bond donors (Lipinski definition) is 1. The molecule has 0 radical (unpaired) electrons. The van der Waals surface area contributed by atoms with E-state index >= 15 is 0 Å². The third kappa shape index (κ3) is 2.51. The summed E-state index contributed by atoms with van der Waals surface area (Å²) in [5.74, 6) is 0.574. The molecule has 3 rings (SSSR count). The van der Waals surface area contributed by atoms with Gasteiger partial charge in [-0.25, -0.2) is 4.39 Å². The molecule has 1 aromatic heterocycles. The molecule has 3 aromatic rings. The van der Waals surface area contributed by atoms with Crippen molar-refractivity contribution in [1.82, 2.24) is 10.1 Å². The van der Waals surface area contributed by atoms with Gasteiger partial charge in [-0.1, -0.05) is 23.4 Å². The van der Waals surface area contributed by atoms with E-state index in [1.54, 1.807) is 42.5 Å². The Labute approximate surface area is 115 Å². The molecule has 5 heteroatoms. The van der Waals surface area contributed by atoms with E-state index in [4.69, 9.17) is 10.3 Å². The van der Waals surface area contributed by atoms with Gasteiger partial charge in [0.25, 0.3) is 5.89 Å². The summed E-state index contributed by atoms with van der Waals surface area (Å²) in [5, 5.41) is 3.87. The molecule has 0 fully saturated rings. The zero-order valence-corrected chi connectivity index (χ0v) is 10.6. The normalized spacial score (nSPS) is 10.7. The van der Waals surface area contributed by atoms with Crippen LogP contribution in [0.3, 0.4) is 0 Å². The van der Waals surface area contributed by atoms with Crippen molar-refractivity contribution in [3.05, 3.63) is 65.7 Å². The molecule has 0 amide bonds. The Morgan fingerprint density at radius 1 is 1.05 bits per heavy atom. The van der Waals surface area contributed by atoms with E-state index in [0.717, 1.165) is 5.56 Å². The molecular formula is C15H12FN3O. The van der Waals surface area contributed by atoms with Crippen LogP contribution >= 0.6 is 0 Å². The van der Waals surface area contributed by atoms with Crippen molar-refractivity contribution in [2.75, 3.05) is 5.73 Å². The minimum absolute atomic E-state index is 0.272. The summed E-state index contributed by atoms with van der Waals surface area (Å²) < 4.78 is 18.7. The first-order valence-corrected chi connectivity index (χ1v) is 6.14. The fourth-order valence-corrected chi connectivity index (χ4v) is 1.88. The van der Waals surface area contributed by atoms with E-state index in [1.165, 1.54) is 6.07 Å². The third-order valence-corrected chi connectivity index (χ3v) is 2.93. The lowest BCUT2D eigenvalue weighted by Gasteiger charge is -1.97. The molecule has 2 aromatic carbocycles. The van der Waals surface area contributed by atoms with Gasteiger partial charge < -0.3 is 10.3 Å². The van der Waals surface area contributed by atoms with Gasteiger partial charge in [-0.3, -0.25) is 0 Å². The smallest absolute Gasteiger partial charge is 0.257 e. The van der Waals surface area contributed by atoms with Gasteiger partial charge in [-0.05, 0) is 35.9 Å². The number of nitrogens with two attached hydrogens (primary N) is 1. The standard InChI is InChI=1S/C15H12FN3O/c16-13-4-2-1-3-11(13)9-14-18-15(20-19-14)10-5-7-12(17)8-6-10/h1-8H,9,17H2. The van der Waals surface area contributed by atoms with Gasteiger partial charge in [0.15, 0.2) is 5.82 Å². The van der Waals surface area contributed by atoms with E-state index in [0.29, 0.717) is 29.4 Å². The summed E-state index contributed by atoms with van der Waals surface area (Å²) >= 11 is 0. The number of rotatable bonds is 3. The van der Waals surface area contributed by atoms with Crippen LogP contribution in [-0.4, -0.2) is 10.1 Å². The maximum Gasteiger partial charge on any atom is 0.257 e. The second-order valence-corrected chi connectivity index (χ2v) is 4.41. The van der Waals surface area contributed by atoms with Gasteiger partial charge in [0.2, 0.25) is 0 Å². The fourth-order valence-electron chi connectivity index (χ4n) is 1.88. The number of hydrogen-bond acceptors (Lipinski definition) is 4. The van der Waals surface area contributed by atoms with E-state index in [-0.39, 0.29) is 5.82 Å². The highest BCUT2D eigenvalue weighted by atomic mass is 19.1. The van der Waals surface area contributed by atoms with Crippen molar-refractivity contribution in [3.8, 4) is 11.5 Å². The third-order valence-electron chi connectivity index (χ3n) is 2.93. The average molecular weight is 269 g/mol. The van der Waals surface area contributed by atoms with Crippen LogP contribution in [0, 0.1) is 5.82 Å². The predicted molar refractivity (Wildman–Crippen MR) is 73.4 cm³/mol. The second-order valence-electron chi connectivity index (χ2n) is 4.41. The summed E-state index contributed by atoms with van der Waals surface area (Å²) in [6.45, 7) is 0. The first-order chi connectivity index (χ1) is 9.72. The van der Waals surface area contributed by atoms with Crippen LogP contribution in [0.1, 0.15) is 11.4 Å². The molecule has 100 valence electrons. The summed E-state index contributed by atoms with van der Waals surface area (Å²) in [4.78, 5) is 4.26. The van der Waals surface area contributed by atoms with Gasteiger partial charge >= 0.3 is 0 Å². The lowest BCUT2D eigenvalue weighted by molar-refractivity contribution is 0.423. The Morgan fingerprint density at radius 3 is 2.55 bits per heavy atom. The maximum atomic E-state index is 13.5. The number of halogens is 1. The molecule has 0 atom stereocenters. The van der Waals surface area contributed by atoms with Crippen LogP contribution < -0.4 is 5.73 Å². The second kappa shape index (κ2) is 5.13. The zero-order chi connectivity index (χ0) is 13.9. The van der Waals surface area contributed by atoms with Crippen LogP contribution in [0.15, 0.2) is 53.1 Å². The SMILES string of the molecule is Nc1ccc(-c2nc(Cc3ccccc3F)no2)cc1. The minimum Gasteiger partial charge on any atom is -0.399 e. The topological polar surface area (TPSA) is 64.9 Å². The Kier molecular flexibility index (Phi) is 3.16. The Balaban J connectivity index is 1.84. The van der Waals surface area contributed by atoms with Gasteiger partial charge in [-0.2, -0.15) is 4.98 Å². The highest BCUT2D eigenvalue weighted by molar-refractivity contribution is 5.56. The molecule has 0 saturated carbocycles. The quantitative estimate of drug-likeness (QED) is 0.742. The van der Waals surface area contributed by atoms with E-state index in [9.17, 15) is 4.39 Å². The molecule has 0 aliphatic carbocycles. The van der Waals surface area contributed by atoms with Crippen molar-refractivity contribution < 1.29 is 8.91 Å². The first kappa shape index (κ1) is 12.3. The number of aromatic nitrogens is 2. The van der Waals surface area contributed by atoms with E-state index in [1.807, 2.05) is 0 Å².